The van der Waals surface area contributed by atoms with Crippen molar-refractivity contribution in [3.63, 3.8) is 0 Å². The lowest BCUT2D eigenvalue weighted by molar-refractivity contribution is 0.0908. The van der Waals surface area contributed by atoms with Crippen molar-refractivity contribution < 1.29 is 14.3 Å². The van der Waals surface area contributed by atoms with Crippen molar-refractivity contribution in [1.29, 1.82) is 0 Å². The van der Waals surface area contributed by atoms with Crippen LogP contribution in [0.5, 0.6) is 11.5 Å². The van der Waals surface area contributed by atoms with Gasteiger partial charge < -0.3 is 14.8 Å². The summed E-state index contributed by atoms with van der Waals surface area (Å²) >= 11 is 9.43. The average molecular weight is 482 g/mol. The molecule has 1 heterocycles. The number of likely N-dealkylation sites (tertiary alicyclic amines) is 1. The quantitative estimate of drug-likeness (QED) is 0.611. The Morgan fingerprint density at radius 1 is 1.24 bits per heavy atom. The van der Waals surface area contributed by atoms with Gasteiger partial charge in [-0.2, -0.15) is 0 Å². The van der Waals surface area contributed by atoms with Gasteiger partial charge >= 0.3 is 0 Å². The molecule has 1 aliphatic heterocycles. The summed E-state index contributed by atoms with van der Waals surface area (Å²) in [5.74, 6) is 1.06. The fourth-order valence-electron chi connectivity index (χ4n) is 3.49. The lowest BCUT2D eigenvalue weighted by Gasteiger charge is -2.32. The molecule has 156 valence electrons. The maximum atomic E-state index is 12.8. The van der Waals surface area contributed by atoms with Crippen LogP contribution in [0.4, 0.5) is 0 Å². The van der Waals surface area contributed by atoms with Crippen molar-refractivity contribution in [3.05, 3.63) is 57.0 Å². The Morgan fingerprint density at radius 2 is 1.93 bits per heavy atom. The highest BCUT2D eigenvalue weighted by Gasteiger charge is 2.22. The first-order valence-electron chi connectivity index (χ1n) is 9.78. The molecule has 0 unspecified atom stereocenters. The molecule has 5 nitrogen and oxygen atoms in total. The van der Waals surface area contributed by atoms with Gasteiger partial charge in [0.25, 0.3) is 5.91 Å². The lowest BCUT2D eigenvalue weighted by atomic mass is 10.0. The number of carbonyl (C=O) groups excluding carboxylic acids is 1. The summed E-state index contributed by atoms with van der Waals surface area (Å²) in [6, 6.07) is 11.6. The van der Waals surface area contributed by atoms with Crippen LogP contribution in [0.3, 0.4) is 0 Å². The molecule has 7 heteroatoms. The number of methoxy groups -OCH3 is 1. The van der Waals surface area contributed by atoms with Crippen molar-refractivity contribution in [2.75, 3.05) is 26.8 Å². The lowest BCUT2D eigenvalue weighted by Crippen LogP contribution is -2.44. The molecule has 0 atom stereocenters. The van der Waals surface area contributed by atoms with E-state index >= 15 is 0 Å². The predicted molar refractivity (Wildman–Crippen MR) is 119 cm³/mol. The summed E-state index contributed by atoms with van der Waals surface area (Å²) in [4.78, 5) is 15.2. The number of benzene rings is 2. The molecule has 29 heavy (non-hydrogen) atoms. The normalized spacial score (nSPS) is 15.2. The standard InChI is InChI=1S/C22H26BrClN2O3/c1-3-29-21-19(23)12-16(13-20(21)28-2)22(27)25-18-8-10-26(11-9-18)14-15-4-6-17(24)7-5-15/h4-7,12-13,18H,3,8-11,14H2,1-2H3,(H,25,27). The monoisotopic (exact) mass is 480 g/mol. The summed E-state index contributed by atoms with van der Waals surface area (Å²) < 4.78 is 11.7. The van der Waals surface area contributed by atoms with E-state index in [-0.39, 0.29) is 11.9 Å². The fourth-order valence-corrected chi connectivity index (χ4v) is 4.17. The Bertz CT molecular complexity index is 837. The van der Waals surface area contributed by atoms with Gasteiger partial charge in [0.1, 0.15) is 0 Å². The molecule has 2 aromatic rings. The number of nitrogens with one attached hydrogen (secondary N) is 1. The molecule has 1 N–H and O–H groups in total. The van der Waals surface area contributed by atoms with Crippen molar-refractivity contribution >= 4 is 33.4 Å². The number of carbonyl (C=O) groups is 1. The predicted octanol–water partition coefficient (Wildman–Crippen LogP) is 4.90. The molecule has 1 fully saturated rings. The van der Waals surface area contributed by atoms with E-state index in [1.807, 2.05) is 19.1 Å². The van der Waals surface area contributed by atoms with E-state index in [2.05, 4.69) is 38.3 Å². The van der Waals surface area contributed by atoms with E-state index in [9.17, 15) is 4.79 Å². The number of halogens is 2. The number of rotatable bonds is 7. The second kappa shape index (κ2) is 10.3. The molecule has 0 bridgehead atoms. The molecule has 3 rings (SSSR count). The van der Waals surface area contributed by atoms with Crippen LogP contribution >= 0.6 is 27.5 Å². The Balaban J connectivity index is 1.55. The minimum absolute atomic E-state index is 0.0943. The Kier molecular flexibility index (Phi) is 7.81. The van der Waals surface area contributed by atoms with Gasteiger partial charge in [-0.1, -0.05) is 23.7 Å². The first-order chi connectivity index (χ1) is 14.0. The molecule has 1 amide bonds. The van der Waals surface area contributed by atoms with Crippen LogP contribution in [-0.2, 0) is 6.54 Å². The van der Waals surface area contributed by atoms with Crippen LogP contribution in [0.25, 0.3) is 0 Å². The van der Waals surface area contributed by atoms with E-state index in [1.165, 1.54) is 5.56 Å². The summed E-state index contributed by atoms with van der Waals surface area (Å²) in [5, 5.41) is 3.91. The van der Waals surface area contributed by atoms with E-state index in [0.717, 1.165) is 37.5 Å². The number of piperidine rings is 1. The number of hydrogen-bond acceptors (Lipinski definition) is 4. The molecule has 2 aromatic carbocycles. The van der Waals surface area contributed by atoms with E-state index < -0.39 is 0 Å². The molecule has 0 aromatic heterocycles. The molecule has 0 aliphatic carbocycles. The minimum atomic E-state index is -0.0943. The Labute approximate surface area is 185 Å². The molecular weight excluding hydrogens is 456 g/mol. The zero-order chi connectivity index (χ0) is 20.8. The van der Waals surface area contributed by atoms with Gasteiger partial charge in [-0.15, -0.1) is 0 Å². The molecule has 0 radical (unpaired) electrons. The molecule has 1 aliphatic rings. The summed E-state index contributed by atoms with van der Waals surface area (Å²) in [6.45, 7) is 5.23. The SMILES string of the molecule is CCOc1c(Br)cc(C(=O)NC2CCN(Cc3ccc(Cl)cc3)CC2)cc1OC. The van der Waals surface area contributed by atoms with Gasteiger partial charge in [-0.3, -0.25) is 9.69 Å². The molecule has 0 spiro atoms. The topological polar surface area (TPSA) is 50.8 Å². The van der Waals surface area contributed by atoms with Crippen LogP contribution < -0.4 is 14.8 Å². The van der Waals surface area contributed by atoms with Crippen molar-refractivity contribution in [3.8, 4) is 11.5 Å². The maximum absolute atomic E-state index is 12.8. The number of hydrogen-bond donors (Lipinski definition) is 1. The van der Waals surface area contributed by atoms with Gasteiger partial charge in [0.2, 0.25) is 0 Å². The average Bonchev–Trinajstić information content (AvgIpc) is 2.72. The van der Waals surface area contributed by atoms with Gasteiger partial charge in [-0.25, -0.2) is 0 Å². The number of ether oxygens (including phenoxy) is 2. The Morgan fingerprint density at radius 3 is 2.55 bits per heavy atom. The maximum Gasteiger partial charge on any atom is 0.251 e. The summed E-state index contributed by atoms with van der Waals surface area (Å²) in [7, 11) is 1.57. The van der Waals surface area contributed by atoms with E-state index in [1.54, 1.807) is 19.2 Å². The molecule has 1 saturated heterocycles. The van der Waals surface area contributed by atoms with E-state index in [0.29, 0.717) is 28.1 Å². The summed E-state index contributed by atoms with van der Waals surface area (Å²) in [5.41, 5.74) is 1.81. The summed E-state index contributed by atoms with van der Waals surface area (Å²) in [6.07, 6.45) is 1.85. The van der Waals surface area contributed by atoms with Crippen molar-refractivity contribution in [1.82, 2.24) is 10.2 Å². The minimum Gasteiger partial charge on any atom is -0.493 e. The van der Waals surface area contributed by atoms with Gasteiger partial charge in [-0.05, 0) is 65.5 Å². The number of nitrogens with zero attached hydrogens (tertiary/aromatic N) is 1. The highest BCUT2D eigenvalue weighted by atomic mass is 79.9. The smallest absolute Gasteiger partial charge is 0.251 e. The zero-order valence-electron chi connectivity index (χ0n) is 16.7. The van der Waals surface area contributed by atoms with Gasteiger partial charge in [0.05, 0.1) is 18.2 Å². The van der Waals surface area contributed by atoms with Crippen LogP contribution in [0.2, 0.25) is 5.02 Å². The zero-order valence-corrected chi connectivity index (χ0v) is 19.1. The molecule has 0 saturated carbocycles. The fraction of sp³-hybridized carbons (Fsp3) is 0.409. The number of amides is 1. The van der Waals surface area contributed by atoms with Crippen LogP contribution in [0, 0.1) is 0 Å². The van der Waals surface area contributed by atoms with Crippen LogP contribution in [0.15, 0.2) is 40.9 Å². The van der Waals surface area contributed by atoms with Crippen LogP contribution in [-0.4, -0.2) is 43.7 Å². The van der Waals surface area contributed by atoms with Crippen LogP contribution in [0.1, 0.15) is 35.7 Å². The molecular formula is C22H26BrClN2O3. The van der Waals surface area contributed by atoms with Gasteiger partial charge in [0, 0.05) is 36.3 Å². The second-order valence-electron chi connectivity index (χ2n) is 7.07. The van der Waals surface area contributed by atoms with Gasteiger partial charge in [0.15, 0.2) is 11.5 Å². The third kappa shape index (κ3) is 5.87. The largest absolute Gasteiger partial charge is 0.493 e. The third-order valence-electron chi connectivity index (χ3n) is 5.02. The second-order valence-corrected chi connectivity index (χ2v) is 8.36. The highest BCUT2D eigenvalue weighted by molar-refractivity contribution is 9.10. The third-order valence-corrected chi connectivity index (χ3v) is 5.86. The van der Waals surface area contributed by atoms with Crippen molar-refractivity contribution in [2.24, 2.45) is 0 Å². The Hall–Kier alpha value is -1.76. The first kappa shape index (κ1) is 21.9. The van der Waals surface area contributed by atoms with Crippen molar-refractivity contribution in [2.45, 2.75) is 32.4 Å². The highest BCUT2D eigenvalue weighted by Crippen LogP contribution is 2.36. The van der Waals surface area contributed by atoms with E-state index in [4.69, 9.17) is 21.1 Å². The first-order valence-corrected chi connectivity index (χ1v) is 10.9.